The van der Waals surface area contributed by atoms with Crippen LogP contribution in [-0.4, -0.2) is 34.1 Å². The molecular weight excluding hydrogens is 224 g/mol. The van der Waals surface area contributed by atoms with Crippen LogP contribution in [0.4, 0.5) is 5.13 Å². The number of carbonyl (C=O) groups excluding carboxylic acids is 1. The SMILES string of the molecule is CC1CCCN(C(=O)c2nnc(N)s2)CC1. The second-order valence-electron chi connectivity index (χ2n) is 4.27. The molecule has 2 heterocycles. The molecule has 1 aromatic rings. The van der Waals surface area contributed by atoms with Crippen LogP contribution in [0.5, 0.6) is 0 Å². The fourth-order valence-corrected chi connectivity index (χ4v) is 2.50. The number of nitrogens with two attached hydrogens (primary N) is 1. The van der Waals surface area contributed by atoms with E-state index in [1.54, 1.807) is 0 Å². The fourth-order valence-electron chi connectivity index (χ4n) is 1.92. The first-order valence-electron chi connectivity index (χ1n) is 5.55. The van der Waals surface area contributed by atoms with Gasteiger partial charge in [0.15, 0.2) is 0 Å². The summed E-state index contributed by atoms with van der Waals surface area (Å²) in [6.07, 6.45) is 3.34. The van der Waals surface area contributed by atoms with Crippen LogP contribution >= 0.6 is 11.3 Å². The first-order valence-corrected chi connectivity index (χ1v) is 6.36. The number of nitrogen functional groups attached to an aromatic ring is 1. The molecule has 1 saturated heterocycles. The summed E-state index contributed by atoms with van der Waals surface area (Å²) in [5.41, 5.74) is 5.47. The number of hydrogen-bond acceptors (Lipinski definition) is 5. The number of rotatable bonds is 1. The van der Waals surface area contributed by atoms with Gasteiger partial charge in [-0.3, -0.25) is 4.79 Å². The number of likely N-dealkylation sites (tertiary alicyclic amines) is 1. The van der Waals surface area contributed by atoms with E-state index in [-0.39, 0.29) is 5.91 Å². The van der Waals surface area contributed by atoms with Crippen LogP contribution in [0, 0.1) is 5.92 Å². The van der Waals surface area contributed by atoms with E-state index in [2.05, 4.69) is 17.1 Å². The van der Waals surface area contributed by atoms with Gasteiger partial charge in [0.2, 0.25) is 10.1 Å². The Labute approximate surface area is 98.7 Å². The summed E-state index contributed by atoms with van der Waals surface area (Å²) in [5.74, 6) is 0.681. The van der Waals surface area contributed by atoms with E-state index in [4.69, 9.17) is 5.73 Å². The third-order valence-corrected chi connectivity index (χ3v) is 3.67. The van der Waals surface area contributed by atoms with E-state index in [1.807, 2.05) is 4.90 Å². The maximum Gasteiger partial charge on any atom is 0.284 e. The Morgan fingerprint density at radius 1 is 1.44 bits per heavy atom. The van der Waals surface area contributed by atoms with Crippen molar-refractivity contribution in [1.82, 2.24) is 15.1 Å². The van der Waals surface area contributed by atoms with Gasteiger partial charge in [0.25, 0.3) is 5.91 Å². The molecule has 1 aliphatic rings. The summed E-state index contributed by atoms with van der Waals surface area (Å²) in [6.45, 7) is 3.87. The minimum absolute atomic E-state index is 0.0247. The molecule has 1 atom stereocenters. The van der Waals surface area contributed by atoms with Gasteiger partial charge < -0.3 is 10.6 Å². The Balaban J connectivity index is 2.04. The van der Waals surface area contributed by atoms with Crippen LogP contribution in [-0.2, 0) is 0 Å². The number of amides is 1. The highest BCUT2D eigenvalue weighted by atomic mass is 32.1. The lowest BCUT2D eigenvalue weighted by molar-refractivity contribution is 0.0759. The maximum absolute atomic E-state index is 12.1. The van der Waals surface area contributed by atoms with E-state index < -0.39 is 0 Å². The Kier molecular flexibility index (Phi) is 3.38. The maximum atomic E-state index is 12.1. The van der Waals surface area contributed by atoms with Crippen LogP contribution < -0.4 is 5.73 Å². The van der Waals surface area contributed by atoms with Crippen molar-refractivity contribution in [3.05, 3.63) is 5.01 Å². The number of aromatic nitrogens is 2. The predicted molar refractivity (Wildman–Crippen MR) is 63.2 cm³/mol. The quantitative estimate of drug-likeness (QED) is 0.805. The highest BCUT2D eigenvalue weighted by Gasteiger charge is 2.22. The van der Waals surface area contributed by atoms with Crippen LogP contribution in [0.3, 0.4) is 0 Å². The second kappa shape index (κ2) is 4.78. The topological polar surface area (TPSA) is 72.1 Å². The van der Waals surface area contributed by atoms with E-state index in [0.29, 0.717) is 16.1 Å². The summed E-state index contributed by atoms with van der Waals surface area (Å²) in [5, 5.41) is 8.23. The molecule has 16 heavy (non-hydrogen) atoms. The van der Waals surface area contributed by atoms with Crippen molar-refractivity contribution >= 4 is 22.4 Å². The van der Waals surface area contributed by atoms with Gasteiger partial charge in [-0.15, -0.1) is 10.2 Å². The smallest absolute Gasteiger partial charge is 0.284 e. The van der Waals surface area contributed by atoms with Gasteiger partial charge in [-0.25, -0.2) is 0 Å². The van der Waals surface area contributed by atoms with E-state index in [1.165, 1.54) is 6.42 Å². The van der Waals surface area contributed by atoms with Crippen molar-refractivity contribution in [1.29, 1.82) is 0 Å². The molecule has 1 amide bonds. The molecule has 88 valence electrons. The lowest BCUT2D eigenvalue weighted by Gasteiger charge is -2.18. The monoisotopic (exact) mass is 240 g/mol. The van der Waals surface area contributed by atoms with Crippen molar-refractivity contribution in [3.8, 4) is 0 Å². The standard InChI is InChI=1S/C10H16N4OS/c1-7-3-2-5-14(6-4-7)9(15)8-12-13-10(11)16-8/h7H,2-6H2,1H3,(H2,11,13). The van der Waals surface area contributed by atoms with Gasteiger partial charge in [-0.05, 0) is 25.2 Å². The number of anilines is 1. The zero-order chi connectivity index (χ0) is 11.5. The normalized spacial score (nSPS) is 21.8. The lowest BCUT2D eigenvalue weighted by atomic mass is 10.0. The third-order valence-electron chi connectivity index (χ3n) is 2.93. The molecule has 0 bridgehead atoms. The molecule has 0 aliphatic carbocycles. The highest BCUT2D eigenvalue weighted by Crippen LogP contribution is 2.19. The molecule has 0 aromatic carbocycles. The Hall–Kier alpha value is -1.17. The van der Waals surface area contributed by atoms with Gasteiger partial charge in [-0.2, -0.15) is 0 Å². The third kappa shape index (κ3) is 2.49. The summed E-state index contributed by atoms with van der Waals surface area (Å²) >= 11 is 1.16. The molecule has 1 unspecified atom stereocenters. The minimum Gasteiger partial charge on any atom is -0.374 e. The minimum atomic E-state index is -0.0247. The average molecular weight is 240 g/mol. The van der Waals surface area contributed by atoms with Gasteiger partial charge in [-0.1, -0.05) is 18.3 Å². The van der Waals surface area contributed by atoms with Crippen LogP contribution in [0.25, 0.3) is 0 Å². The van der Waals surface area contributed by atoms with E-state index >= 15 is 0 Å². The lowest BCUT2D eigenvalue weighted by Crippen LogP contribution is -2.31. The summed E-state index contributed by atoms with van der Waals surface area (Å²) in [4.78, 5) is 13.9. The van der Waals surface area contributed by atoms with Gasteiger partial charge in [0, 0.05) is 13.1 Å². The Bertz CT molecular complexity index is 379. The molecular formula is C10H16N4OS. The Morgan fingerprint density at radius 2 is 2.25 bits per heavy atom. The van der Waals surface area contributed by atoms with Crippen LogP contribution in [0.15, 0.2) is 0 Å². The molecule has 1 aromatic heterocycles. The molecule has 0 spiro atoms. The van der Waals surface area contributed by atoms with Crippen molar-refractivity contribution in [3.63, 3.8) is 0 Å². The Morgan fingerprint density at radius 3 is 2.94 bits per heavy atom. The van der Waals surface area contributed by atoms with E-state index in [9.17, 15) is 4.79 Å². The average Bonchev–Trinajstić information content (AvgIpc) is 2.57. The zero-order valence-corrected chi connectivity index (χ0v) is 10.2. The van der Waals surface area contributed by atoms with Gasteiger partial charge in [0.05, 0.1) is 0 Å². The second-order valence-corrected chi connectivity index (χ2v) is 5.28. The zero-order valence-electron chi connectivity index (χ0n) is 9.35. The van der Waals surface area contributed by atoms with Gasteiger partial charge >= 0.3 is 0 Å². The number of carbonyl (C=O) groups is 1. The fraction of sp³-hybridized carbons (Fsp3) is 0.700. The number of nitrogens with zero attached hydrogens (tertiary/aromatic N) is 3. The molecule has 2 rings (SSSR count). The molecule has 6 heteroatoms. The first kappa shape index (κ1) is 11.3. The van der Waals surface area contributed by atoms with Crippen LogP contribution in [0.1, 0.15) is 36.0 Å². The van der Waals surface area contributed by atoms with Crippen molar-refractivity contribution in [2.24, 2.45) is 5.92 Å². The van der Waals surface area contributed by atoms with Crippen molar-refractivity contribution in [2.45, 2.75) is 26.2 Å². The first-order chi connectivity index (χ1) is 7.66. The summed E-state index contributed by atoms with van der Waals surface area (Å²) < 4.78 is 0. The van der Waals surface area contributed by atoms with Crippen molar-refractivity contribution < 1.29 is 4.79 Å². The van der Waals surface area contributed by atoms with E-state index in [0.717, 1.165) is 37.3 Å². The molecule has 1 aliphatic heterocycles. The molecule has 2 N–H and O–H groups in total. The van der Waals surface area contributed by atoms with Crippen LogP contribution in [0.2, 0.25) is 0 Å². The highest BCUT2D eigenvalue weighted by molar-refractivity contribution is 7.16. The predicted octanol–water partition coefficient (Wildman–Crippen LogP) is 1.38. The summed E-state index contributed by atoms with van der Waals surface area (Å²) in [6, 6.07) is 0. The molecule has 1 fully saturated rings. The van der Waals surface area contributed by atoms with Crippen molar-refractivity contribution in [2.75, 3.05) is 18.8 Å². The molecule has 0 saturated carbocycles. The summed E-state index contributed by atoms with van der Waals surface area (Å²) in [7, 11) is 0. The molecule has 0 radical (unpaired) electrons. The van der Waals surface area contributed by atoms with Gasteiger partial charge in [0.1, 0.15) is 0 Å². The molecule has 5 nitrogen and oxygen atoms in total. The largest absolute Gasteiger partial charge is 0.374 e. The number of hydrogen-bond donors (Lipinski definition) is 1.